The molecule has 1 atom stereocenters. The molecule has 0 bridgehead atoms. The van der Waals surface area contributed by atoms with E-state index in [1.165, 1.54) is 26.3 Å². The highest BCUT2D eigenvalue weighted by Crippen LogP contribution is 2.04. The molecule has 0 saturated heterocycles. The summed E-state index contributed by atoms with van der Waals surface area (Å²) in [7, 11) is 2.10. The summed E-state index contributed by atoms with van der Waals surface area (Å²) < 4.78 is 0. The third-order valence-electron chi connectivity index (χ3n) is 2.09. The summed E-state index contributed by atoms with van der Waals surface area (Å²) in [4.78, 5) is 14.0. The molecule has 5 heteroatoms. The van der Waals surface area contributed by atoms with Crippen LogP contribution >= 0.6 is 0 Å². The van der Waals surface area contributed by atoms with Crippen molar-refractivity contribution >= 4 is 5.97 Å². The lowest BCUT2D eigenvalue weighted by Gasteiger charge is -2.17. The van der Waals surface area contributed by atoms with Gasteiger partial charge in [-0.25, -0.2) is 4.79 Å². The second kappa shape index (κ2) is 7.98. The summed E-state index contributed by atoms with van der Waals surface area (Å²) in [6.07, 6.45) is 5.64. The molecular weight excluding hydrogens is 208 g/mol. The summed E-state index contributed by atoms with van der Waals surface area (Å²) in [5.74, 6) is -1.19. The minimum atomic E-state index is -1.23. The van der Waals surface area contributed by atoms with Gasteiger partial charge in [0.05, 0.1) is 6.67 Å². The maximum atomic E-state index is 9.45. The van der Waals surface area contributed by atoms with Gasteiger partial charge in [0.25, 0.3) is 0 Å². The van der Waals surface area contributed by atoms with Crippen LogP contribution in [0.1, 0.15) is 26.7 Å². The first-order chi connectivity index (χ1) is 7.47. The number of carbonyl (C=O) groups is 1. The Kier molecular flexibility index (Phi) is 7.37. The van der Waals surface area contributed by atoms with Gasteiger partial charge in [0, 0.05) is 26.0 Å². The Morgan fingerprint density at radius 3 is 2.38 bits per heavy atom. The molecule has 16 heavy (non-hydrogen) atoms. The second-order valence-corrected chi connectivity index (χ2v) is 3.88. The van der Waals surface area contributed by atoms with Crippen LogP contribution in [-0.4, -0.2) is 52.3 Å². The van der Waals surface area contributed by atoms with Gasteiger partial charge in [0.15, 0.2) is 0 Å². The van der Waals surface area contributed by atoms with E-state index in [0.717, 1.165) is 6.67 Å². The van der Waals surface area contributed by atoms with Crippen molar-refractivity contribution in [3.63, 3.8) is 0 Å². The zero-order chi connectivity index (χ0) is 12.6. The van der Waals surface area contributed by atoms with E-state index in [1.807, 2.05) is 0 Å². The van der Waals surface area contributed by atoms with E-state index in [-0.39, 0.29) is 0 Å². The van der Waals surface area contributed by atoms with Crippen LogP contribution in [0.25, 0.3) is 0 Å². The highest BCUT2D eigenvalue weighted by molar-refractivity contribution is 5.71. The van der Waals surface area contributed by atoms with E-state index in [9.17, 15) is 4.79 Å². The quantitative estimate of drug-likeness (QED) is 0.751. The molecule has 1 rings (SSSR count). The fourth-order valence-electron chi connectivity index (χ4n) is 1.10. The van der Waals surface area contributed by atoms with Crippen molar-refractivity contribution in [3.05, 3.63) is 12.4 Å². The van der Waals surface area contributed by atoms with Gasteiger partial charge >= 0.3 is 5.97 Å². The summed E-state index contributed by atoms with van der Waals surface area (Å²) in [5.41, 5.74) is 0. The van der Waals surface area contributed by atoms with E-state index in [0.29, 0.717) is 0 Å². The lowest BCUT2D eigenvalue weighted by molar-refractivity contribution is -0.145. The van der Waals surface area contributed by atoms with Crippen molar-refractivity contribution < 1.29 is 15.0 Å². The Labute approximate surface area is 97.0 Å². The molecule has 0 aromatic rings. The summed E-state index contributed by atoms with van der Waals surface area (Å²) in [6.45, 7) is 5.70. The molecule has 0 saturated carbocycles. The third kappa shape index (κ3) is 7.11. The van der Waals surface area contributed by atoms with Crippen LogP contribution in [0.15, 0.2) is 12.4 Å². The number of carboxylic acid groups (broad SMARTS) is 1. The van der Waals surface area contributed by atoms with Gasteiger partial charge in [-0.15, -0.1) is 0 Å². The average Bonchev–Trinajstić information content (AvgIpc) is 2.62. The van der Waals surface area contributed by atoms with Crippen LogP contribution in [0.5, 0.6) is 0 Å². The number of nitrogens with zero attached hydrogens (tertiary/aromatic N) is 2. The number of aliphatic hydroxyl groups excluding tert-OH is 1. The zero-order valence-electron chi connectivity index (χ0n) is 10.3. The standard InChI is InChI=1S/C8H16N2.C3H6O3/c1-3-4-5-10-7-6-9(2)8-10;1-2(4)3(5)6/h6-7H,3-5,8H2,1-2H3;2,4H,1H3,(H,5,6). The summed E-state index contributed by atoms with van der Waals surface area (Å²) in [5, 5.41) is 15.8. The van der Waals surface area contributed by atoms with Gasteiger partial charge in [0.2, 0.25) is 0 Å². The first-order valence-electron chi connectivity index (χ1n) is 5.50. The van der Waals surface area contributed by atoms with Gasteiger partial charge in [-0.1, -0.05) is 13.3 Å². The normalized spacial score (nSPS) is 15.8. The second-order valence-electron chi connectivity index (χ2n) is 3.88. The molecule has 94 valence electrons. The van der Waals surface area contributed by atoms with Crippen molar-refractivity contribution in [2.75, 3.05) is 20.3 Å². The van der Waals surface area contributed by atoms with Crippen LogP contribution in [0.3, 0.4) is 0 Å². The molecule has 0 aromatic carbocycles. The number of hydrogen-bond acceptors (Lipinski definition) is 4. The van der Waals surface area contributed by atoms with Gasteiger partial charge in [-0.05, 0) is 13.3 Å². The fourth-order valence-corrected chi connectivity index (χ4v) is 1.10. The maximum absolute atomic E-state index is 9.45. The number of rotatable bonds is 4. The van der Waals surface area contributed by atoms with Crippen molar-refractivity contribution in [1.29, 1.82) is 0 Å². The van der Waals surface area contributed by atoms with Gasteiger partial charge < -0.3 is 20.0 Å². The summed E-state index contributed by atoms with van der Waals surface area (Å²) in [6, 6.07) is 0. The van der Waals surface area contributed by atoms with E-state index in [1.54, 1.807) is 0 Å². The molecule has 1 heterocycles. The predicted molar refractivity (Wildman–Crippen MR) is 62.7 cm³/mol. The van der Waals surface area contributed by atoms with Crippen LogP contribution < -0.4 is 0 Å². The van der Waals surface area contributed by atoms with Gasteiger partial charge in [-0.3, -0.25) is 0 Å². The van der Waals surface area contributed by atoms with Gasteiger partial charge in [-0.2, -0.15) is 0 Å². The van der Waals surface area contributed by atoms with E-state index >= 15 is 0 Å². The van der Waals surface area contributed by atoms with E-state index in [2.05, 4.69) is 36.2 Å². The fraction of sp³-hybridized carbons (Fsp3) is 0.727. The Bertz CT molecular complexity index is 229. The highest BCUT2D eigenvalue weighted by Gasteiger charge is 2.05. The highest BCUT2D eigenvalue weighted by atomic mass is 16.4. The first kappa shape index (κ1) is 14.8. The molecule has 1 unspecified atom stereocenters. The molecular formula is C11H22N2O3. The van der Waals surface area contributed by atoms with Crippen molar-refractivity contribution in [2.24, 2.45) is 0 Å². The van der Waals surface area contributed by atoms with Crippen LogP contribution in [0.2, 0.25) is 0 Å². The smallest absolute Gasteiger partial charge is 0.332 e. The Hall–Kier alpha value is -1.23. The zero-order valence-corrected chi connectivity index (χ0v) is 10.3. The number of aliphatic carboxylic acids is 1. The molecule has 0 fully saturated rings. The molecule has 1 aliphatic rings. The molecule has 0 radical (unpaired) electrons. The molecule has 5 nitrogen and oxygen atoms in total. The monoisotopic (exact) mass is 230 g/mol. The maximum Gasteiger partial charge on any atom is 0.332 e. The lowest BCUT2D eigenvalue weighted by Crippen LogP contribution is -2.23. The summed E-state index contributed by atoms with van der Waals surface area (Å²) >= 11 is 0. The predicted octanol–water partition coefficient (Wildman–Crippen LogP) is 0.914. The minimum absolute atomic E-state index is 1.07. The topological polar surface area (TPSA) is 64.0 Å². The third-order valence-corrected chi connectivity index (χ3v) is 2.09. The molecule has 0 amide bonds. The average molecular weight is 230 g/mol. The number of carboxylic acids is 1. The molecule has 1 aliphatic heterocycles. The molecule has 0 spiro atoms. The Morgan fingerprint density at radius 1 is 1.50 bits per heavy atom. The number of hydrogen-bond donors (Lipinski definition) is 2. The molecule has 0 aromatic heterocycles. The number of unbranched alkanes of at least 4 members (excludes halogenated alkanes) is 1. The van der Waals surface area contributed by atoms with Crippen LogP contribution in [0, 0.1) is 0 Å². The minimum Gasteiger partial charge on any atom is -0.479 e. The van der Waals surface area contributed by atoms with Crippen LogP contribution in [-0.2, 0) is 4.79 Å². The molecule has 2 N–H and O–H groups in total. The lowest BCUT2D eigenvalue weighted by atomic mass is 10.3. The van der Waals surface area contributed by atoms with Crippen molar-refractivity contribution in [2.45, 2.75) is 32.8 Å². The number of aliphatic hydroxyl groups is 1. The SMILES string of the molecule is CC(O)C(=O)O.CCCCN1C=CN(C)C1. The van der Waals surface area contributed by atoms with Crippen molar-refractivity contribution in [1.82, 2.24) is 9.80 Å². The molecule has 0 aliphatic carbocycles. The Morgan fingerprint density at radius 2 is 2.06 bits per heavy atom. The largest absolute Gasteiger partial charge is 0.479 e. The van der Waals surface area contributed by atoms with Crippen LogP contribution in [0.4, 0.5) is 0 Å². The first-order valence-corrected chi connectivity index (χ1v) is 5.50. The van der Waals surface area contributed by atoms with E-state index < -0.39 is 12.1 Å². The van der Waals surface area contributed by atoms with E-state index in [4.69, 9.17) is 10.2 Å². The van der Waals surface area contributed by atoms with Gasteiger partial charge in [0.1, 0.15) is 6.10 Å². The Balaban J connectivity index is 0.000000325. The van der Waals surface area contributed by atoms with Crippen molar-refractivity contribution in [3.8, 4) is 0 Å².